The van der Waals surface area contributed by atoms with Gasteiger partial charge in [0.05, 0.1) is 0 Å². The highest BCUT2D eigenvalue weighted by molar-refractivity contribution is 5.78. The van der Waals surface area contributed by atoms with E-state index in [-0.39, 0.29) is 11.8 Å². The van der Waals surface area contributed by atoms with Crippen LogP contribution in [0.25, 0.3) is 0 Å². The van der Waals surface area contributed by atoms with Crippen LogP contribution in [0.15, 0.2) is 0 Å². The number of carbonyl (C=O) groups excluding carboxylic acids is 1. The van der Waals surface area contributed by atoms with Gasteiger partial charge in [0.25, 0.3) is 0 Å². The van der Waals surface area contributed by atoms with Gasteiger partial charge in [-0.3, -0.25) is 4.79 Å². The standard InChI is InChI=1S/C14H29N3O/c1-11(9-15)14(18)16-10-13(17(2)3)12-7-5-4-6-8-12/h11-13H,4-10,15H2,1-3H3,(H,16,18). The quantitative estimate of drug-likeness (QED) is 0.750. The average molecular weight is 255 g/mol. The van der Waals surface area contributed by atoms with E-state index in [4.69, 9.17) is 5.73 Å². The summed E-state index contributed by atoms with van der Waals surface area (Å²) in [5.41, 5.74) is 5.51. The molecule has 4 nitrogen and oxygen atoms in total. The van der Waals surface area contributed by atoms with Gasteiger partial charge in [0.15, 0.2) is 0 Å². The van der Waals surface area contributed by atoms with E-state index in [1.54, 1.807) is 0 Å². The normalized spacial score (nSPS) is 20.7. The van der Waals surface area contributed by atoms with Gasteiger partial charge in [-0.25, -0.2) is 0 Å². The molecule has 2 atom stereocenters. The van der Waals surface area contributed by atoms with Crippen LogP contribution < -0.4 is 11.1 Å². The molecule has 4 heteroatoms. The average Bonchev–Trinajstić information content (AvgIpc) is 2.38. The van der Waals surface area contributed by atoms with Crippen LogP contribution in [-0.4, -0.2) is 44.0 Å². The van der Waals surface area contributed by atoms with Crippen molar-refractivity contribution in [2.45, 2.75) is 45.1 Å². The summed E-state index contributed by atoms with van der Waals surface area (Å²) in [5.74, 6) is 0.724. The maximum Gasteiger partial charge on any atom is 0.224 e. The van der Waals surface area contributed by atoms with Crippen LogP contribution in [0.5, 0.6) is 0 Å². The zero-order valence-corrected chi connectivity index (χ0v) is 12.1. The fourth-order valence-corrected chi connectivity index (χ4v) is 2.78. The molecule has 3 N–H and O–H groups in total. The molecule has 1 aliphatic carbocycles. The number of hydrogen-bond donors (Lipinski definition) is 2. The molecule has 1 aliphatic rings. The van der Waals surface area contributed by atoms with Crippen molar-refractivity contribution in [1.82, 2.24) is 10.2 Å². The SMILES string of the molecule is CC(CN)C(=O)NCC(C1CCCCC1)N(C)C. The Hall–Kier alpha value is -0.610. The van der Waals surface area contributed by atoms with Crippen LogP contribution in [0.3, 0.4) is 0 Å². The number of hydrogen-bond acceptors (Lipinski definition) is 3. The Labute approximate surface area is 111 Å². The molecule has 0 aromatic heterocycles. The van der Waals surface area contributed by atoms with E-state index >= 15 is 0 Å². The smallest absolute Gasteiger partial charge is 0.224 e. The summed E-state index contributed by atoms with van der Waals surface area (Å²) in [6.07, 6.45) is 6.63. The third-order valence-corrected chi connectivity index (χ3v) is 4.14. The minimum Gasteiger partial charge on any atom is -0.354 e. The van der Waals surface area contributed by atoms with E-state index in [0.717, 1.165) is 12.5 Å². The molecule has 0 aromatic rings. The molecule has 0 saturated heterocycles. The van der Waals surface area contributed by atoms with E-state index in [0.29, 0.717) is 12.6 Å². The summed E-state index contributed by atoms with van der Waals surface area (Å²) in [6.45, 7) is 3.04. The van der Waals surface area contributed by atoms with Gasteiger partial charge in [0, 0.05) is 25.0 Å². The Balaban J connectivity index is 2.45. The lowest BCUT2D eigenvalue weighted by atomic mass is 9.83. The van der Waals surface area contributed by atoms with E-state index in [1.807, 2.05) is 6.92 Å². The zero-order valence-electron chi connectivity index (χ0n) is 12.1. The second-order valence-corrected chi connectivity index (χ2v) is 5.81. The number of carbonyl (C=O) groups is 1. The van der Waals surface area contributed by atoms with Gasteiger partial charge in [-0.1, -0.05) is 26.2 Å². The fourth-order valence-electron chi connectivity index (χ4n) is 2.78. The Morgan fingerprint density at radius 2 is 1.94 bits per heavy atom. The predicted octanol–water partition coefficient (Wildman–Crippen LogP) is 1.21. The number of likely N-dealkylation sites (N-methyl/N-ethyl adjacent to an activating group) is 1. The minimum absolute atomic E-state index is 0.0835. The fraction of sp³-hybridized carbons (Fsp3) is 0.929. The number of nitrogens with zero attached hydrogens (tertiary/aromatic N) is 1. The van der Waals surface area contributed by atoms with Crippen molar-refractivity contribution in [2.24, 2.45) is 17.6 Å². The first-order valence-electron chi connectivity index (χ1n) is 7.20. The Morgan fingerprint density at radius 3 is 2.44 bits per heavy atom. The molecule has 18 heavy (non-hydrogen) atoms. The van der Waals surface area contributed by atoms with Crippen molar-refractivity contribution in [1.29, 1.82) is 0 Å². The van der Waals surface area contributed by atoms with Gasteiger partial charge in [-0.15, -0.1) is 0 Å². The van der Waals surface area contributed by atoms with Crippen molar-refractivity contribution in [3.63, 3.8) is 0 Å². The molecule has 0 heterocycles. The highest BCUT2D eigenvalue weighted by Crippen LogP contribution is 2.28. The predicted molar refractivity (Wildman–Crippen MR) is 75.3 cm³/mol. The molecule has 0 aliphatic heterocycles. The summed E-state index contributed by atoms with van der Waals surface area (Å²) < 4.78 is 0. The van der Waals surface area contributed by atoms with Gasteiger partial charge in [0.2, 0.25) is 5.91 Å². The van der Waals surface area contributed by atoms with Gasteiger partial charge < -0.3 is 16.0 Å². The van der Waals surface area contributed by atoms with Crippen molar-refractivity contribution in [3.8, 4) is 0 Å². The monoisotopic (exact) mass is 255 g/mol. The summed E-state index contributed by atoms with van der Waals surface area (Å²) in [5, 5.41) is 3.05. The first-order chi connectivity index (χ1) is 8.56. The van der Waals surface area contributed by atoms with Crippen molar-refractivity contribution in [3.05, 3.63) is 0 Å². The van der Waals surface area contributed by atoms with Gasteiger partial charge in [-0.2, -0.15) is 0 Å². The van der Waals surface area contributed by atoms with Crippen LogP contribution in [0.2, 0.25) is 0 Å². The molecule has 0 aromatic carbocycles. The van der Waals surface area contributed by atoms with E-state index in [2.05, 4.69) is 24.3 Å². The van der Waals surface area contributed by atoms with Crippen LogP contribution >= 0.6 is 0 Å². The van der Waals surface area contributed by atoms with Gasteiger partial charge in [0.1, 0.15) is 0 Å². The summed E-state index contributed by atoms with van der Waals surface area (Å²) in [7, 11) is 4.22. The first kappa shape index (κ1) is 15.4. The molecule has 2 unspecified atom stereocenters. The van der Waals surface area contributed by atoms with Crippen LogP contribution in [0.1, 0.15) is 39.0 Å². The lowest BCUT2D eigenvalue weighted by molar-refractivity contribution is -0.124. The Kier molecular flexibility index (Phi) is 6.65. The lowest BCUT2D eigenvalue weighted by Gasteiger charge is -2.35. The molecular formula is C14H29N3O. The Bertz CT molecular complexity index is 249. The number of rotatable bonds is 6. The third-order valence-electron chi connectivity index (χ3n) is 4.14. The second-order valence-electron chi connectivity index (χ2n) is 5.81. The largest absolute Gasteiger partial charge is 0.354 e. The van der Waals surface area contributed by atoms with Gasteiger partial charge in [-0.05, 0) is 32.9 Å². The molecule has 1 saturated carbocycles. The molecule has 0 bridgehead atoms. The Morgan fingerprint density at radius 1 is 1.33 bits per heavy atom. The van der Waals surface area contributed by atoms with Crippen molar-refractivity contribution < 1.29 is 4.79 Å². The molecule has 0 radical (unpaired) electrons. The highest BCUT2D eigenvalue weighted by atomic mass is 16.1. The number of nitrogens with one attached hydrogen (secondary N) is 1. The molecular weight excluding hydrogens is 226 g/mol. The lowest BCUT2D eigenvalue weighted by Crippen LogP contribution is -2.47. The van der Waals surface area contributed by atoms with E-state index in [9.17, 15) is 4.79 Å². The van der Waals surface area contributed by atoms with E-state index < -0.39 is 0 Å². The molecule has 106 valence electrons. The zero-order chi connectivity index (χ0) is 13.5. The minimum atomic E-state index is -0.0841. The molecule has 1 fully saturated rings. The van der Waals surface area contributed by atoms with Gasteiger partial charge >= 0.3 is 0 Å². The van der Waals surface area contributed by atoms with Crippen LogP contribution in [0.4, 0.5) is 0 Å². The summed E-state index contributed by atoms with van der Waals surface area (Å²) in [4.78, 5) is 14.0. The highest BCUT2D eigenvalue weighted by Gasteiger charge is 2.26. The summed E-state index contributed by atoms with van der Waals surface area (Å²) >= 11 is 0. The van der Waals surface area contributed by atoms with Crippen LogP contribution in [-0.2, 0) is 4.79 Å². The number of amides is 1. The number of nitrogens with two attached hydrogens (primary N) is 1. The maximum atomic E-state index is 11.8. The first-order valence-corrected chi connectivity index (χ1v) is 7.20. The molecule has 1 rings (SSSR count). The van der Waals surface area contributed by atoms with E-state index in [1.165, 1.54) is 32.1 Å². The van der Waals surface area contributed by atoms with Crippen LogP contribution in [0, 0.1) is 11.8 Å². The summed E-state index contributed by atoms with van der Waals surface area (Å²) in [6, 6.07) is 0.458. The topological polar surface area (TPSA) is 58.4 Å². The second kappa shape index (κ2) is 7.74. The molecule has 0 spiro atoms. The maximum absolute atomic E-state index is 11.8. The molecule has 1 amide bonds. The van der Waals surface area contributed by atoms with Crippen molar-refractivity contribution in [2.75, 3.05) is 27.2 Å². The third kappa shape index (κ3) is 4.58. The van der Waals surface area contributed by atoms with Crippen molar-refractivity contribution >= 4 is 5.91 Å².